The number of aryl methyl sites for hydroxylation is 3. The Morgan fingerprint density at radius 1 is 1.10 bits per heavy atom. The van der Waals surface area contributed by atoms with Gasteiger partial charge in [0.15, 0.2) is 9.84 Å². The molecule has 0 aromatic heterocycles. The number of nitrogens with one attached hydrogen (secondary N) is 2. The molecule has 1 aliphatic heterocycles. The number of rotatable bonds is 8. The summed E-state index contributed by atoms with van der Waals surface area (Å²) in [6.07, 6.45) is 1.94. The molecule has 3 rings (SSSR count). The van der Waals surface area contributed by atoms with Crippen LogP contribution in [0.25, 0.3) is 0 Å². The molecule has 1 saturated heterocycles. The minimum absolute atomic E-state index is 0.00296. The van der Waals surface area contributed by atoms with Crippen molar-refractivity contribution < 1.29 is 21.6 Å². The van der Waals surface area contributed by atoms with Gasteiger partial charge in [0.2, 0.25) is 10.0 Å². The van der Waals surface area contributed by atoms with E-state index in [1.165, 1.54) is 41.0 Å². The molecule has 1 heterocycles. The summed E-state index contributed by atoms with van der Waals surface area (Å²) in [5.41, 5.74) is 4.10. The van der Waals surface area contributed by atoms with Crippen LogP contribution in [0.3, 0.4) is 0 Å². The van der Waals surface area contributed by atoms with Crippen molar-refractivity contribution >= 4 is 25.8 Å². The summed E-state index contributed by atoms with van der Waals surface area (Å²) in [6, 6.07) is 11.3. The maximum absolute atomic E-state index is 12.5. The van der Waals surface area contributed by atoms with Crippen LogP contribution in [0, 0.1) is 13.8 Å². The maximum atomic E-state index is 12.5. The third-order valence-corrected chi connectivity index (χ3v) is 8.69. The predicted octanol–water partition coefficient (Wildman–Crippen LogP) is 2.13. The van der Waals surface area contributed by atoms with Crippen LogP contribution in [-0.4, -0.2) is 46.8 Å². The van der Waals surface area contributed by atoms with E-state index in [0.29, 0.717) is 12.1 Å². The van der Waals surface area contributed by atoms with Crippen LogP contribution in [0.15, 0.2) is 47.4 Å². The van der Waals surface area contributed by atoms with E-state index in [-0.39, 0.29) is 28.7 Å². The molecule has 0 saturated carbocycles. The van der Waals surface area contributed by atoms with Gasteiger partial charge < -0.3 is 5.32 Å². The zero-order valence-electron chi connectivity index (χ0n) is 17.7. The van der Waals surface area contributed by atoms with Gasteiger partial charge >= 0.3 is 0 Å². The molecule has 1 fully saturated rings. The predicted molar refractivity (Wildman–Crippen MR) is 120 cm³/mol. The third kappa shape index (κ3) is 6.38. The summed E-state index contributed by atoms with van der Waals surface area (Å²) < 4.78 is 50.4. The van der Waals surface area contributed by atoms with Crippen LogP contribution in [0.1, 0.15) is 39.9 Å². The number of sulfone groups is 1. The number of benzene rings is 2. The fourth-order valence-corrected chi connectivity index (χ4v) is 6.72. The quantitative estimate of drug-likeness (QED) is 0.582. The van der Waals surface area contributed by atoms with Crippen molar-refractivity contribution in [2.75, 3.05) is 18.1 Å². The highest BCUT2D eigenvalue weighted by Crippen LogP contribution is 2.17. The van der Waals surface area contributed by atoms with Crippen molar-refractivity contribution in [2.45, 2.75) is 44.0 Å². The number of hydrogen-bond acceptors (Lipinski definition) is 5. The molecule has 7 nitrogen and oxygen atoms in total. The second-order valence-corrected chi connectivity index (χ2v) is 12.0. The fourth-order valence-electron chi connectivity index (χ4n) is 3.67. The van der Waals surface area contributed by atoms with Crippen LogP contribution in [0.5, 0.6) is 0 Å². The van der Waals surface area contributed by atoms with E-state index in [1.807, 2.05) is 0 Å². The Kier molecular flexibility index (Phi) is 7.18. The number of carbonyl (C=O) groups is 1. The Bertz CT molecular complexity index is 1160. The average Bonchev–Trinajstić information content (AvgIpc) is 3.04. The molecular formula is C22H28N2O5S2. The SMILES string of the molecule is Cc1ccc(CCCNC(=O)c2ccc(S(=O)(=O)NC3CCS(=O)(=O)C3)cc2)c(C)c1. The second kappa shape index (κ2) is 9.50. The van der Waals surface area contributed by atoms with Gasteiger partial charge in [-0.15, -0.1) is 0 Å². The molecule has 0 radical (unpaired) electrons. The number of hydrogen-bond donors (Lipinski definition) is 2. The van der Waals surface area contributed by atoms with Gasteiger partial charge in [-0.25, -0.2) is 21.6 Å². The molecule has 0 aliphatic carbocycles. The molecule has 168 valence electrons. The van der Waals surface area contributed by atoms with Crippen LogP contribution in [0.2, 0.25) is 0 Å². The van der Waals surface area contributed by atoms with Crippen molar-refractivity contribution in [1.82, 2.24) is 10.0 Å². The molecule has 9 heteroatoms. The fraction of sp³-hybridized carbons (Fsp3) is 0.409. The number of sulfonamides is 1. The Balaban J connectivity index is 1.51. The molecule has 0 bridgehead atoms. The van der Waals surface area contributed by atoms with E-state index >= 15 is 0 Å². The zero-order chi connectivity index (χ0) is 22.6. The largest absolute Gasteiger partial charge is 0.352 e. The standard InChI is InChI=1S/C22H28N2O5S2/c1-16-5-6-18(17(2)14-16)4-3-12-23-22(25)19-7-9-21(10-8-19)31(28,29)24-20-11-13-30(26,27)15-20/h5-10,14,20,24H,3-4,11-13,15H2,1-2H3,(H,23,25). The van der Waals surface area contributed by atoms with Gasteiger partial charge in [0.1, 0.15) is 0 Å². The van der Waals surface area contributed by atoms with Crippen LogP contribution >= 0.6 is 0 Å². The van der Waals surface area contributed by atoms with Gasteiger partial charge in [-0.1, -0.05) is 23.8 Å². The lowest BCUT2D eigenvalue weighted by Crippen LogP contribution is -2.35. The van der Waals surface area contributed by atoms with Crippen LogP contribution in [0.4, 0.5) is 0 Å². The Morgan fingerprint density at radius 2 is 1.81 bits per heavy atom. The van der Waals surface area contributed by atoms with E-state index in [0.717, 1.165) is 12.8 Å². The highest BCUT2D eigenvalue weighted by molar-refractivity contribution is 7.92. The van der Waals surface area contributed by atoms with Crippen LogP contribution in [-0.2, 0) is 26.3 Å². The average molecular weight is 465 g/mol. The summed E-state index contributed by atoms with van der Waals surface area (Å²) >= 11 is 0. The van der Waals surface area contributed by atoms with Crippen molar-refractivity contribution in [3.8, 4) is 0 Å². The summed E-state index contributed by atoms with van der Waals surface area (Å²) in [7, 11) is -7.02. The topological polar surface area (TPSA) is 109 Å². The molecular weight excluding hydrogens is 436 g/mol. The summed E-state index contributed by atoms with van der Waals surface area (Å²) in [5.74, 6) is -0.461. The molecule has 1 aliphatic rings. The molecule has 2 aromatic carbocycles. The van der Waals surface area contributed by atoms with Gasteiger partial charge in [-0.3, -0.25) is 4.79 Å². The molecule has 1 amide bonds. The van der Waals surface area contributed by atoms with Gasteiger partial charge in [0.25, 0.3) is 5.91 Å². The summed E-state index contributed by atoms with van der Waals surface area (Å²) in [4.78, 5) is 12.3. The van der Waals surface area contributed by atoms with Crippen molar-refractivity contribution in [1.29, 1.82) is 0 Å². The molecule has 31 heavy (non-hydrogen) atoms. The normalized spacial score (nSPS) is 18.1. The zero-order valence-corrected chi connectivity index (χ0v) is 19.4. The van der Waals surface area contributed by atoms with E-state index in [9.17, 15) is 21.6 Å². The Hall–Kier alpha value is -2.23. The van der Waals surface area contributed by atoms with Crippen molar-refractivity contribution in [2.24, 2.45) is 0 Å². The summed E-state index contributed by atoms with van der Waals surface area (Å²) in [5, 5.41) is 2.86. The van der Waals surface area contributed by atoms with E-state index in [4.69, 9.17) is 0 Å². The Labute approximate surface area is 184 Å². The number of carbonyl (C=O) groups excluding carboxylic acids is 1. The highest BCUT2D eigenvalue weighted by atomic mass is 32.2. The molecule has 1 atom stereocenters. The second-order valence-electron chi connectivity index (χ2n) is 8.04. The third-order valence-electron chi connectivity index (χ3n) is 5.39. The minimum atomic E-state index is -3.84. The van der Waals surface area contributed by atoms with Gasteiger partial charge in [0.05, 0.1) is 16.4 Å². The molecule has 2 aromatic rings. The van der Waals surface area contributed by atoms with E-state index in [2.05, 4.69) is 42.1 Å². The van der Waals surface area contributed by atoms with Crippen molar-refractivity contribution in [3.05, 3.63) is 64.7 Å². The molecule has 1 unspecified atom stereocenters. The first-order chi connectivity index (χ1) is 14.6. The van der Waals surface area contributed by atoms with Gasteiger partial charge in [0, 0.05) is 18.2 Å². The first-order valence-electron chi connectivity index (χ1n) is 10.2. The van der Waals surface area contributed by atoms with Crippen molar-refractivity contribution in [3.63, 3.8) is 0 Å². The lowest BCUT2D eigenvalue weighted by atomic mass is 10.0. The maximum Gasteiger partial charge on any atom is 0.251 e. The van der Waals surface area contributed by atoms with E-state index in [1.54, 1.807) is 0 Å². The van der Waals surface area contributed by atoms with E-state index < -0.39 is 25.9 Å². The lowest BCUT2D eigenvalue weighted by molar-refractivity contribution is 0.0953. The molecule has 0 spiro atoms. The lowest BCUT2D eigenvalue weighted by Gasteiger charge is -2.12. The van der Waals surface area contributed by atoms with Crippen LogP contribution < -0.4 is 10.0 Å². The smallest absolute Gasteiger partial charge is 0.251 e. The first-order valence-corrected chi connectivity index (χ1v) is 13.5. The Morgan fingerprint density at radius 3 is 2.42 bits per heavy atom. The molecule has 2 N–H and O–H groups in total. The minimum Gasteiger partial charge on any atom is -0.352 e. The summed E-state index contributed by atoms with van der Waals surface area (Å²) in [6.45, 7) is 4.66. The van der Waals surface area contributed by atoms with Gasteiger partial charge in [-0.2, -0.15) is 0 Å². The highest BCUT2D eigenvalue weighted by Gasteiger charge is 2.31. The van der Waals surface area contributed by atoms with Gasteiger partial charge in [-0.05, 0) is 68.5 Å². The monoisotopic (exact) mass is 464 g/mol. The number of amides is 1. The first kappa shape index (κ1) is 23.4.